The zero-order valence-electron chi connectivity index (χ0n) is 12.3. The lowest BCUT2D eigenvalue weighted by Crippen LogP contribution is -2.17. The lowest BCUT2D eigenvalue weighted by molar-refractivity contribution is 0.415. The number of benzene rings is 1. The van der Waals surface area contributed by atoms with Crippen molar-refractivity contribution in [2.75, 3.05) is 13.7 Å². The van der Waals surface area contributed by atoms with Gasteiger partial charge in [0, 0.05) is 24.6 Å². The topological polar surface area (TPSA) is 53.1 Å². The van der Waals surface area contributed by atoms with Crippen molar-refractivity contribution in [2.24, 2.45) is 5.73 Å². The second-order valence-electron chi connectivity index (χ2n) is 5.65. The molecule has 1 fully saturated rings. The van der Waals surface area contributed by atoms with Crippen LogP contribution < -0.4 is 10.5 Å². The summed E-state index contributed by atoms with van der Waals surface area (Å²) in [5.74, 6) is 2.39. The van der Waals surface area contributed by atoms with E-state index >= 15 is 0 Å². The van der Waals surface area contributed by atoms with Crippen LogP contribution in [-0.2, 0) is 0 Å². The minimum absolute atomic E-state index is 0.360. The highest BCUT2D eigenvalue weighted by Gasteiger charge is 2.30. The first kappa shape index (κ1) is 13.4. The monoisotopic (exact) mass is 273 g/mol. The summed E-state index contributed by atoms with van der Waals surface area (Å²) < 4.78 is 7.73. The SMILES string of the molecule is CCCC(CN)c1nc2cc(OC)ccc2n1C1CC1. The van der Waals surface area contributed by atoms with Crippen molar-refractivity contribution < 1.29 is 4.74 Å². The maximum absolute atomic E-state index is 5.98. The normalized spacial score (nSPS) is 16.6. The van der Waals surface area contributed by atoms with E-state index in [4.69, 9.17) is 15.5 Å². The fourth-order valence-electron chi connectivity index (χ4n) is 2.93. The van der Waals surface area contributed by atoms with E-state index < -0.39 is 0 Å². The smallest absolute Gasteiger partial charge is 0.121 e. The van der Waals surface area contributed by atoms with Crippen LogP contribution >= 0.6 is 0 Å². The molecule has 108 valence electrons. The van der Waals surface area contributed by atoms with Crippen LogP contribution in [-0.4, -0.2) is 23.2 Å². The van der Waals surface area contributed by atoms with Crippen LogP contribution in [0.3, 0.4) is 0 Å². The number of aromatic nitrogens is 2. The molecule has 2 N–H and O–H groups in total. The maximum Gasteiger partial charge on any atom is 0.121 e. The molecule has 3 rings (SSSR count). The van der Waals surface area contributed by atoms with E-state index in [1.807, 2.05) is 12.1 Å². The molecule has 0 saturated heterocycles. The lowest BCUT2D eigenvalue weighted by Gasteiger charge is -2.16. The van der Waals surface area contributed by atoms with E-state index in [1.54, 1.807) is 7.11 Å². The number of hydrogen-bond donors (Lipinski definition) is 1. The fourth-order valence-corrected chi connectivity index (χ4v) is 2.93. The average molecular weight is 273 g/mol. The standard InChI is InChI=1S/C16H23N3O/c1-3-4-11(10-17)16-18-14-9-13(20-2)7-8-15(14)19(16)12-5-6-12/h7-9,11-12H,3-6,10,17H2,1-2H3. The third-order valence-electron chi connectivity index (χ3n) is 4.12. The third-order valence-corrected chi connectivity index (χ3v) is 4.12. The van der Waals surface area contributed by atoms with E-state index in [9.17, 15) is 0 Å². The molecule has 1 saturated carbocycles. The largest absolute Gasteiger partial charge is 0.497 e. The van der Waals surface area contributed by atoms with Gasteiger partial charge in [0.2, 0.25) is 0 Å². The zero-order chi connectivity index (χ0) is 14.1. The highest BCUT2D eigenvalue weighted by atomic mass is 16.5. The summed E-state index contributed by atoms with van der Waals surface area (Å²) >= 11 is 0. The molecule has 4 heteroatoms. The van der Waals surface area contributed by atoms with Crippen LogP contribution in [0.15, 0.2) is 18.2 Å². The molecule has 1 aromatic carbocycles. The number of nitrogens with two attached hydrogens (primary N) is 1. The molecule has 0 spiro atoms. The number of hydrogen-bond acceptors (Lipinski definition) is 3. The predicted octanol–water partition coefficient (Wildman–Crippen LogP) is 3.22. The molecular weight excluding hydrogens is 250 g/mol. The number of methoxy groups -OCH3 is 1. The molecule has 20 heavy (non-hydrogen) atoms. The van der Waals surface area contributed by atoms with Crippen molar-refractivity contribution in [3.63, 3.8) is 0 Å². The number of imidazole rings is 1. The van der Waals surface area contributed by atoms with Gasteiger partial charge in [0.05, 0.1) is 18.1 Å². The molecule has 0 aliphatic heterocycles. The van der Waals surface area contributed by atoms with Crippen LogP contribution in [0.2, 0.25) is 0 Å². The van der Waals surface area contributed by atoms with Gasteiger partial charge in [-0.25, -0.2) is 4.98 Å². The Balaban J connectivity index is 2.11. The summed E-state index contributed by atoms with van der Waals surface area (Å²) in [7, 11) is 1.69. The van der Waals surface area contributed by atoms with Gasteiger partial charge in [0.25, 0.3) is 0 Å². The third kappa shape index (κ3) is 2.29. The predicted molar refractivity (Wildman–Crippen MR) is 81.3 cm³/mol. The quantitative estimate of drug-likeness (QED) is 0.879. The Hall–Kier alpha value is -1.55. The van der Waals surface area contributed by atoms with Gasteiger partial charge in [-0.15, -0.1) is 0 Å². The average Bonchev–Trinajstić information content (AvgIpc) is 3.24. The van der Waals surface area contributed by atoms with E-state index in [1.165, 1.54) is 24.2 Å². The van der Waals surface area contributed by atoms with Gasteiger partial charge in [0.1, 0.15) is 11.6 Å². The minimum atomic E-state index is 0.360. The van der Waals surface area contributed by atoms with Gasteiger partial charge in [-0.3, -0.25) is 0 Å². The summed E-state index contributed by atoms with van der Waals surface area (Å²) in [4.78, 5) is 4.88. The van der Waals surface area contributed by atoms with Crippen LogP contribution in [0.4, 0.5) is 0 Å². The summed E-state index contributed by atoms with van der Waals surface area (Å²) in [5, 5.41) is 0. The maximum atomic E-state index is 5.98. The number of ether oxygens (including phenoxy) is 1. The molecule has 0 radical (unpaired) electrons. The second-order valence-corrected chi connectivity index (χ2v) is 5.65. The Morgan fingerprint density at radius 3 is 2.85 bits per heavy atom. The minimum Gasteiger partial charge on any atom is -0.497 e. The molecule has 0 amide bonds. The first-order valence-electron chi connectivity index (χ1n) is 7.54. The van der Waals surface area contributed by atoms with Crippen molar-refractivity contribution in [2.45, 2.75) is 44.6 Å². The molecule has 4 nitrogen and oxygen atoms in total. The van der Waals surface area contributed by atoms with Crippen molar-refractivity contribution in [1.29, 1.82) is 0 Å². The Labute approximate surface area is 119 Å². The summed E-state index contributed by atoms with van der Waals surface area (Å²) in [6.07, 6.45) is 4.75. The van der Waals surface area contributed by atoms with Gasteiger partial charge < -0.3 is 15.0 Å². The van der Waals surface area contributed by atoms with Crippen molar-refractivity contribution in [3.8, 4) is 5.75 Å². The van der Waals surface area contributed by atoms with Crippen LogP contribution in [0.5, 0.6) is 5.75 Å². The molecule has 1 atom stereocenters. The Kier molecular flexibility index (Phi) is 3.66. The van der Waals surface area contributed by atoms with Crippen molar-refractivity contribution in [3.05, 3.63) is 24.0 Å². The van der Waals surface area contributed by atoms with Gasteiger partial charge in [-0.05, 0) is 31.4 Å². The zero-order valence-corrected chi connectivity index (χ0v) is 12.3. The highest BCUT2D eigenvalue weighted by Crippen LogP contribution is 2.41. The molecule has 1 aromatic heterocycles. The van der Waals surface area contributed by atoms with Gasteiger partial charge >= 0.3 is 0 Å². The Bertz CT molecular complexity index is 601. The van der Waals surface area contributed by atoms with E-state index in [0.717, 1.165) is 24.1 Å². The molecule has 0 bridgehead atoms. The number of rotatable bonds is 6. The summed E-state index contributed by atoms with van der Waals surface area (Å²) in [6, 6.07) is 6.79. The van der Waals surface area contributed by atoms with E-state index in [2.05, 4.69) is 17.6 Å². The Morgan fingerprint density at radius 1 is 1.45 bits per heavy atom. The fraction of sp³-hybridized carbons (Fsp3) is 0.562. The van der Waals surface area contributed by atoms with Crippen LogP contribution in [0.1, 0.15) is 50.4 Å². The van der Waals surface area contributed by atoms with Gasteiger partial charge in [-0.2, -0.15) is 0 Å². The molecule has 1 aliphatic rings. The van der Waals surface area contributed by atoms with Gasteiger partial charge in [-0.1, -0.05) is 13.3 Å². The van der Waals surface area contributed by atoms with Crippen molar-refractivity contribution in [1.82, 2.24) is 9.55 Å². The summed E-state index contributed by atoms with van der Waals surface area (Å²) in [6.45, 7) is 2.87. The van der Waals surface area contributed by atoms with Crippen molar-refractivity contribution >= 4 is 11.0 Å². The number of fused-ring (bicyclic) bond motifs is 1. The molecule has 1 unspecified atom stereocenters. The first-order chi connectivity index (χ1) is 9.78. The summed E-state index contributed by atoms with van der Waals surface area (Å²) in [5.41, 5.74) is 8.23. The van der Waals surface area contributed by atoms with Crippen LogP contribution in [0.25, 0.3) is 11.0 Å². The number of nitrogens with zero attached hydrogens (tertiary/aromatic N) is 2. The van der Waals surface area contributed by atoms with Gasteiger partial charge in [0.15, 0.2) is 0 Å². The first-order valence-corrected chi connectivity index (χ1v) is 7.54. The molecular formula is C16H23N3O. The van der Waals surface area contributed by atoms with E-state index in [0.29, 0.717) is 18.5 Å². The molecule has 1 heterocycles. The van der Waals surface area contributed by atoms with Crippen LogP contribution in [0, 0.1) is 0 Å². The molecule has 2 aromatic rings. The van der Waals surface area contributed by atoms with E-state index in [-0.39, 0.29) is 0 Å². The molecule has 1 aliphatic carbocycles. The lowest BCUT2D eigenvalue weighted by atomic mass is 10.0. The second kappa shape index (κ2) is 5.44. The highest BCUT2D eigenvalue weighted by molar-refractivity contribution is 5.78. The Morgan fingerprint density at radius 2 is 2.25 bits per heavy atom.